The summed E-state index contributed by atoms with van der Waals surface area (Å²) in [6, 6.07) is 22.8. The van der Waals surface area contributed by atoms with Crippen LogP contribution in [0.5, 0.6) is 0 Å². The van der Waals surface area contributed by atoms with Gasteiger partial charge in [-0.15, -0.1) is 11.3 Å². The minimum absolute atomic E-state index is 0.164. The van der Waals surface area contributed by atoms with Crippen LogP contribution in [0.2, 0.25) is 0 Å². The van der Waals surface area contributed by atoms with E-state index >= 15 is 0 Å². The average molecular weight is 396 g/mol. The molecule has 2 aromatic heterocycles. The zero-order valence-electron chi connectivity index (χ0n) is 14.3. The number of hydrogen-bond donors (Lipinski definition) is 1. The number of rotatable bonds is 6. The third kappa shape index (κ3) is 3.85. The molecule has 0 saturated carbocycles. The fourth-order valence-corrected chi connectivity index (χ4v) is 4.80. The molecule has 4 rings (SSSR count). The van der Waals surface area contributed by atoms with Gasteiger partial charge in [0.15, 0.2) is 0 Å². The normalized spacial score (nSPS) is 11.6. The van der Waals surface area contributed by atoms with Crippen molar-refractivity contribution in [1.29, 1.82) is 0 Å². The second-order valence-corrected chi connectivity index (χ2v) is 8.85. The van der Waals surface area contributed by atoms with Gasteiger partial charge in [-0.1, -0.05) is 54.6 Å². The van der Waals surface area contributed by atoms with Gasteiger partial charge in [0, 0.05) is 23.9 Å². The summed E-state index contributed by atoms with van der Waals surface area (Å²) in [6.07, 6.45) is 1.87. The number of hydrogen-bond acceptors (Lipinski definition) is 4. The molecule has 0 saturated heterocycles. The third-order valence-electron chi connectivity index (χ3n) is 4.07. The van der Waals surface area contributed by atoms with Crippen molar-refractivity contribution in [2.75, 3.05) is 0 Å². The van der Waals surface area contributed by atoms with Gasteiger partial charge in [-0.2, -0.15) is 5.10 Å². The van der Waals surface area contributed by atoms with Crippen molar-refractivity contribution in [2.45, 2.75) is 10.8 Å². The maximum Gasteiger partial charge on any atom is 0.250 e. The summed E-state index contributed by atoms with van der Waals surface area (Å²) >= 11 is 1.20. The molecular weight excluding hydrogens is 378 g/mol. The van der Waals surface area contributed by atoms with Gasteiger partial charge in [0.2, 0.25) is 10.0 Å². The Hall–Kier alpha value is -2.74. The Morgan fingerprint density at radius 1 is 0.926 bits per heavy atom. The van der Waals surface area contributed by atoms with Gasteiger partial charge < -0.3 is 0 Å². The highest BCUT2D eigenvalue weighted by molar-refractivity contribution is 7.91. The van der Waals surface area contributed by atoms with Crippen molar-refractivity contribution in [2.24, 2.45) is 0 Å². The first-order chi connectivity index (χ1) is 13.1. The van der Waals surface area contributed by atoms with E-state index in [-0.39, 0.29) is 6.54 Å². The quantitative estimate of drug-likeness (QED) is 0.535. The molecule has 1 N–H and O–H groups in total. The number of aromatic nitrogens is 2. The minimum Gasteiger partial charge on any atom is -0.240 e. The largest absolute Gasteiger partial charge is 0.250 e. The van der Waals surface area contributed by atoms with E-state index < -0.39 is 10.0 Å². The van der Waals surface area contributed by atoms with Crippen molar-refractivity contribution >= 4 is 21.4 Å². The van der Waals surface area contributed by atoms with Crippen LogP contribution in [0.15, 0.2) is 88.6 Å². The van der Waals surface area contributed by atoms with Crippen LogP contribution in [-0.4, -0.2) is 18.2 Å². The van der Waals surface area contributed by atoms with E-state index in [1.807, 2.05) is 66.9 Å². The highest BCUT2D eigenvalue weighted by Gasteiger charge is 2.18. The fraction of sp³-hybridized carbons (Fsp3) is 0.0500. The first-order valence-corrected chi connectivity index (χ1v) is 10.7. The van der Waals surface area contributed by atoms with Crippen LogP contribution in [-0.2, 0) is 16.6 Å². The van der Waals surface area contributed by atoms with Crippen LogP contribution in [0.25, 0.3) is 16.9 Å². The lowest BCUT2D eigenvalue weighted by atomic mass is 10.1. The van der Waals surface area contributed by atoms with Crippen LogP contribution in [0, 0.1) is 0 Å². The van der Waals surface area contributed by atoms with Gasteiger partial charge in [-0.3, -0.25) is 0 Å². The molecule has 0 spiro atoms. The van der Waals surface area contributed by atoms with Crippen LogP contribution in [0.1, 0.15) is 5.56 Å². The maximum absolute atomic E-state index is 12.5. The summed E-state index contributed by atoms with van der Waals surface area (Å²) in [6.45, 7) is 0.164. The number of sulfonamides is 1. The SMILES string of the molecule is O=S(=O)(NCc1cn(-c2ccccc2)nc1-c1ccccc1)c1cccs1. The second kappa shape index (κ2) is 7.48. The van der Waals surface area contributed by atoms with Crippen LogP contribution in [0.4, 0.5) is 0 Å². The van der Waals surface area contributed by atoms with Crippen LogP contribution < -0.4 is 4.72 Å². The van der Waals surface area contributed by atoms with E-state index in [1.54, 1.807) is 22.2 Å². The number of benzene rings is 2. The van der Waals surface area contributed by atoms with E-state index in [0.29, 0.717) is 4.21 Å². The maximum atomic E-state index is 12.5. The molecule has 0 atom stereocenters. The Bertz CT molecular complexity index is 1120. The number of para-hydroxylation sites is 1. The summed E-state index contributed by atoms with van der Waals surface area (Å²) in [5.41, 5.74) is 3.43. The van der Waals surface area contributed by atoms with Gasteiger partial charge in [0.05, 0.1) is 11.4 Å². The topological polar surface area (TPSA) is 64.0 Å². The monoisotopic (exact) mass is 395 g/mol. The average Bonchev–Trinajstić information content (AvgIpc) is 3.38. The van der Waals surface area contributed by atoms with Gasteiger partial charge in [-0.25, -0.2) is 17.8 Å². The molecule has 27 heavy (non-hydrogen) atoms. The first-order valence-electron chi connectivity index (χ1n) is 8.36. The smallest absolute Gasteiger partial charge is 0.240 e. The van der Waals surface area contributed by atoms with Gasteiger partial charge >= 0.3 is 0 Å². The summed E-state index contributed by atoms with van der Waals surface area (Å²) in [4.78, 5) is 0. The van der Waals surface area contributed by atoms with E-state index in [9.17, 15) is 8.42 Å². The highest BCUT2D eigenvalue weighted by atomic mass is 32.2. The summed E-state index contributed by atoms with van der Waals surface area (Å²) in [5.74, 6) is 0. The molecule has 4 aromatic rings. The molecule has 0 unspecified atom stereocenters. The summed E-state index contributed by atoms with van der Waals surface area (Å²) < 4.78 is 29.7. The second-order valence-electron chi connectivity index (χ2n) is 5.91. The van der Waals surface area contributed by atoms with E-state index in [0.717, 1.165) is 22.5 Å². The van der Waals surface area contributed by atoms with E-state index in [1.165, 1.54) is 11.3 Å². The molecule has 0 fully saturated rings. The van der Waals surface area contributed by atoms with Crippen LogP contribution in [0.3, 0.4) is 0 Å². The molecule has 0 aliphatic rings. The highest BCUT2D eigenvalue weighted by Crippen LogP contribution is 2.24. The Morgan fingerprint density at radius 3 is 2.30 bits per heavy atom. The Kier molecular flexibility index (Phi) is 4.89. The molecule has 0 aliphatic carbocycles. The Morgan fingerprint density at radius 2 is 1.63 bits per heavy atom. The molecule has 0 amide bonds. The Balaban J connectivity index is 1.69. The standard InChI is InChI=1S/C20H17N3O2S2/c24-27(25,19-12-7-13-26-19)21-14-17-15-23(18-10-5-2-6-11-18)22-20(17)16-8-3-1-4-9-16/h1-13,15,21H,14H2. The molecular formula is C20H17N3O2S2. The summed E-state index contributed by atoms with van der Waals surface area (Å²) in [5, 5.41) is 6.45. The van der Waals surface area contributed by atoms with Gasteiger partial charge in [0.1, 0.15) is 4.21 Å². The fourth-order valence-electron chi connectivity index (χ4n) is 2.75. The number of thiophene rings is 1. The summed E-state index contributed by atoms with van der Waals surface area (Å²) in [7, 11) is -3.54. The molecule has 5 nitrogen and oxygen atoms in total. The zero-order valence-corrected chi connectivity index (χ0v) is 16.0. The van der Waals surface area contributed by atoms with E-state index in [2.05, 4.69) is 4.72 Å². The molecule has 7 heteroatoms. The number of nitrogens with zero attached hydrogens (tertiary/aromatic N) is 2. The molecule has 0 aliphatic heterocycles. The lowest BCUT2D eigenvalue weighted by Crippen LogP contribution is -2.22. The van der Waals surface area contributed by atoms with Crippen molar-refractivity contribution in [3.8, 4) is 16.9 Å². The van der Waals surface area contributed by atoms with Crippen molar-refractivity contribution < 1.29 is 8.42 Å². The molecule has 0 bridgehead atoms. The number of nitrogens with one attached hydrogen (secondary N) is 1. The molecule has 136 valence electrons. The lowest BCUT2D eigenvalue weighted by molar-refractivity contribution is 0.583. The third-order valence-corrected chi connectivity index (χ3v) is 6.87. The zero-order chi connectivity index (χ0) is 18.7. The van der Waals surface area contributed by atoms with Crippen molar-refractivity contribution in [1.82, 2.24) is 14.5 Å². The predicted molar refractivity (Wildman–Crippen MR) is 107 cm³/mol. The van der Waals surface area contributed by atoms with Gasteiger partial charge in [-0.05, 0) is 23.6 Å². The Labute approximate surface area is 162 Å². The molecule has 2 heterocycles. The van der Waals surface area contributed by atoms with Gasteiger partial charge in [0.25, 0.3) is 0 Å². The lowest BCUT2D eigenvalue weighted by Gasteiger charge is -2.05. The molecule has 2 aromatic carbocycles. The van der Waals surface area contributed by atoms with Crippen LogP contribution >= 0.6 is 11.3 Å². The first kappa shape index (κ1) is 17.7. The van der Waals surface area contributed by atoms with E-state index in [4.69, 9.17) is 5.10 Å². The minimum atomic E-state index is -3.54. The predicted octanol–water partition coefficient (Wildman–Crippen LogP) is 4.08. The van der Waals surface area contributed by atoms with Crippen molar-refractivity contribution in [3.63, 3.8) is 0 Å². The van der Waals surface area contributed by atoms with Crippen molar-refractivity contribution in [3.05, 3.63) is 89.9 Å². The molecule has 0 radical (unpaired) electrons.